The molecule has 0 bridgehead atoms. The summed E-state index contributed by atoms with van der Waals surface area (Å²) in [5.41, 5.74) is 0.528. The van der Waals surface area contributed by atoms with Gasteiger partial charge >= 0.3 is 0 Å². The van der Waals surface area contributed by atoms with Gasteiger partial charge in [-0.2, -0.15) is 0 Å². The van der Waals surface area contributed by atoms with Crippen molar-refractivity contribution in [3.8, 4) is 23.0 Å². The molecule has 2 aromatic rings. The third-order valence-corrected chi connectivity index (χ3v) is 4.66. The summed E-state index contributed by atoms with van der Waals surface area (Å²) in [4.78, 5) is 12.7. The van der Waals surface area contributed by atoms with Crippen molar-refractivity contribution in [1.29, 1.82) is 0 Å². The number of hydrogen-bond donors (Lipinski definition) is 3. The molecule has 0 aliphatic rings. The predicted octanol–water partition coefficient (Wildman–Crippen LogP) is 4.07. The van der Waals surface area contributed by atoms with E-state index < -0.39 is 11.4 Å². The van der Waals surface area contributed by atoms with Gasteiger partial charge in [0.1, 0.15) is 28.6 Å². The highest BCUT2D eigenvalue weighted by molar-refractivity contribution is 6.11. The van der Waals surface area contributed by atoms with E-state index in [1.165, 1.54) is 31.4 Å². The number of ketones is 1. The summed E-state index contributed by atoms with van der Waals surface area (Å²) in [6.45, 7) is 3.80. The maximum atomic E-state index is 12.7. The zero-order valence-electron chi connectivity index (χ0n) is 16.5. The van der Waals surface area contributed by atoms with Crippen molar-refractivity contribution in [3.63, 3.8) is 0 Å². The highest BCUT2D eigenvalue weighted by Gasteiger charge is 2.24. The molecular formula is C22H26O6. The number of phenols is 3. The van der Waals surface area contributed by atoms with Gasteiger partial charge in [-0.3, -0.25) is 4.79 Å². The number of rotatable bonds is 8. The van der Waals surface area contributed by atoms with Crippen LogP contribution >= 0.6 is 0 Å². The first-order valence-corrected chi connectivity index (χ1v) is 8.87. The smallest absolute Gasteiger partial charge is 0.193 e. The minimum absolute atomic E-state index is 0.0134. The zero-order valence-corrected chi connectivity index (χ0v) is 16.5. The highest BCUT2D eigenvalue weighted by Crippen LogP contribution is 2.40. The fraction of sp³-hybridized carbons (Fsp3) is 0.318. The van der Waals surface area contributed by atoms with Gasteiger partial charge in [0.2, 0.25) is 0 Å². The average molecular weight is 386 g/mol. The number of benzene rings is 2. The van der Waals surface area contributed by atoms with Gasteiger partial charge < -0.3 is 24.8 Å². The molecule has 0 aromatic heterocycles. The zero-order chi connectivity index (χ0) is 20.9. The molecule has 0 spiro atoms. The molecule has 150 valence electrons. The van der Waals surface area contributed by atoms with Crippen LogP contribution in [0.2, 0.25) is 0 Å². The number of allylic oxidation sites excluding steroid dienone is 1. The van der Waals surface area contributed by atoms with Crippen LogP contribution in [0.1, 0.15) is 41.8 Å². The Kier molecular flexibility index (Phi) is 6.70. The van der Waals surface area contributed by atoms with Crippen LogP contribution < -0.4 is 4.74 Å². The first kappa shape index (κ1) is 21.3. The van der Waals surface area contributed by atoms with Crippen LogP contribution in [-0.4, -0.2) is 40.9 Å². The molecule has 0 atom stereocenters. The van der Waals surface area contributed by atoms with Crippen LogP contribution in [0.4, 0.5) is 0 Å². The number of carbonyl (C=O) groups excluding carboxylic acids is 1. The molecule has 2 rings (SSSR count). The predicted molar refractivity (Wildman–Crippen MR) is 107 cm³/mol. The number of ether oxygens (including phenoxy) is 2. The van der Waals surface area contributed by atoms with E-state index in [4.69, 9.17) is 9.47 Å². The van der Waals surface area contributed by atoms with Gasteiger partial charge in [0.15, 0.2) is 5.78 Å². The van der Waals surface area contributed by atoms with Crippen LogP contribution in [0.25, 0.3) is 6.08 Å². The molecule has 0 fully saturated rings. The standard InChI is InChI=1S/C22H26O6/c1-22(2,28-4)12-11-16-18(25)13-19(27-3)20(21(16)26)17(24)10-7-14-5-8-15(23)9-6-14/h5-10,13,23,25-26H,11-12H2,1-4H3/b10-7+. The summed E-state index contributed by atoms with van der Waals surface area (Å²) in [6.07, 6.45) is 3.74. The van der Waals surface area contributed by atoms with Crippen molar-refractivity contribution in [3.05, 3.63) is 53.1 Å². The van der Waals surface area contributed by atoms with E-state index >= 15 is 0 Å². The monoisotopic (exact) mass is 386 g/mol. The van der Waals surface area contributed by atoms with Gasteiger partial charge in [-0.05, 0) is 50.5 Å². The summed E-state index contributed by atoms with van der Waals surface area (Å²) in [6, 6.07) is 7.67. The van der Waals surface area contributed by atoms with E-state index in [9.17, 15) is 20.1 Å². The quantitative estimate of drug-likeness (QED) is 0.468. The molecule has 0 aliphatic heterocycles. The van der Waals surface area contributed by atoms with Gasteiger partial charge in [0.25, 0.3) is 0 Å². The summed E-state index contributed by atoms with van der Waals surface area (Å²) >= 11 is 0. The molecule has 0 radical (unpaired) electrons. The average Bonchev–Trinajstić information content (AvgIpc) is 2.66. The largest absolute Gasteiger partial charge is 0.508 e. The van der Waals surface area contributed by atoms with Crippen molar-refractivity contribution in [2.75, 3.05) is 14.2 Å². The molecule has 6 heteroatoms. The normalized spacial score (nSPS) is 11.7. The fourth-order valence-corrected chi connectivity index (χ4v) is 2.69. The number of hydrogen-bond acceptors (Lipinski definition) is 6. The van der Waals surface area contributed by atoms with E-state index in [2.05, 4.69) is 0 Å². The second kappa shape index (κ2) is 8.80. The molecule has 3 N–H and O–H groups in total. The molecule has 28 heavy (non-hydrogen) atoms. The summed E-state index contributed by atoms with van der Waals surface area (Å²) in [5, 5.41) is 30.3. The lowest BCUT2D eigenvalue weighted by molar-refractivity contribution is 0.0156. The summed E-state index contributed by atoms with van der Waals surface area (Å²) in [7, 11) is 2.96. The van der Waals surface area contributed by atoms with Crippen molar-refractivity contribution < 1.29 is 29.6 Å². The Morgan fingerprint density at radius 2 is 1.75 bits per heavy atom. The molecule has 6 nitrogen and oxygen atoms in total. The summed E-state index contributed by atoms with van der Waals surface area (Å²) in [5.74, 6) is -0.686. The number of aromatic hydroxyl groups is 3. The lowest BCUT2D eigenvalue weighted by Gasteiger charge is -2.23. The Morgan fingerprint density at radius 3 is 2.32 bits per heavy atom. The number of carbonyl (C=O) groups is 1. The third kappa shape index (κ3) is 5.04. The third-order valence-electron chi connectivity index (χ3n) is 4.66. The minimum Gasteiger partial charge on any atom is -0.508 e. The lowest BCUT2D eigenvalue weighted by Crippen LogP contribution is -2.23. The molecule has 2 aromatic carbocycles. The van der Waals surface area contributed by atoms with Gasteiger partial charge in [0.05, 0.1) is 12.7 Å². The SMILES string of the molecule is COc1cc(O)c(CCC(C)(C)OC)c(O)c1C(=O)/C=C/c1ccc(O)cc1. The molecule has 0 saturated heterocycles. The Bertz CT molecular complexity index is 866. The van der Waals surface area contributed by atoms with Gasteiger partial charge in [0, 0.05) is 18.7 Å². The topological polar surface area (TPSA) is 96.2 Å². The molecule has 0 amide bonds. The van der Waals surface area contributed by atoms with Crippen molar-refractivity contribution >= 4 is 11.9 Å². The molecule has 0 saturated carbocycles. The summed E-state index contributed by atoms with van der Waals surface area (Å²) < 4.78 is 10.6. The Balaban J connectivity index is 2.37. The molecule has 0 unspecified atom stereocenters. The Labute approximate surface area is 164 Å². The first-order valence-electron chi connectivity index (χ1n) is 8.87. The second-order valence-corrected chi connectivity index (χ2v) is 7.05. The van der Waals surface area contributed by atoms with Crippen LogP contribution in [0, 0.1) is 0 Å². The van der Waals surface area contributed by atoms with Gasteiger partial charge in [-0.1, -0.05) is 18.2 Å². The lowest BCUT2D eigenvalue weighted by atomic mass is 9.94. The van der Waals surface area contributed by atoms with Crippen LogP contribution in [0.15, 0.2) is 36.4 Å². The first-order chi connectivity index (χ1) is 13.2. The number of phenolic OH excluding ortho intramolecular Hbond substituents is 3. The minimum atomic E-state index is -0.463. The van der Waals surface area contributed by atoms with E-state index in [-0.39, 0.29) is 34.1 Å². The molecular weight excluding hydrogens is 360 g/mol. The Morgan fingerprint density at radius 1 is 1.11 bits per heavy atom. The van der Waals surface area contributed by atoms with Crippen molar-refractivity contribution in [1.82, 2.24) is 0 Å². The van der Waals surface area contributed by atoms with Crippen LogP contribution in [0.5, 0.6) is 23.0 Å². The van der Waals surface area contributed by atoms with Crippen molar-refractivity contribution in [2.24, 2.45) is 0 Å². The van der Waals surface area contributed by atoms with E-state index in [0.717, 1.165) is 0 Å². The molecule has 0 aliphatic carbocycles. The van der Waals surface area contributed by atoms with E-state index in [0.29, 0.717) is 18.4 Å². The second-order valence-electron chi connectivity index (χ2n) is 7.05. The Hall–Kier alpha value is -2.99. The van der Waals surface area contributed by atoms with E-state index in [1.807, 2.05) is 13.8 Å². The number of methoxy groups -OCH3 is 2. The van der Waals surface area contributed by atoms with Gasteiger partial charge in [-0.15, -0.1) is 0 Å². The maximum Gasteiger partial charge on any atom is 0.193 e. The maximum absolute atomic E-state index is 12.7. The van der Waals surface area contributed by atoms with E-state index in [1.54, 1.807) is 25.3 Å². The van der Waals surface area contributed by atoms with Crippen LogP contribution in [0.3, 0.4) is 0 Å². The fourth-order valence-electron chi connectivity index (χ4n) is 2.69. The van der Waals surface area contributed by atoms with Crippen LogP contribution in [-0.2, 0) is 11.2 Å². The molecule has 0 heterocycles. The van der Waals surface area contributed by atoms with Gasteiger partial charge in [-0.25, -0.2) is 0 Å². The highest BCUT2D eigenvalue weighted by atomic mass is 16.5. The van der Waals surface area contributed by atoms with Crippen molar-refractivity contribution in [2.45, 2.75) is 32.3 Å².